The molecule has 12 nitrogen and oxygen atoms in total. The molecule has 6 N–H and O–H groups in total. The van der Waals surface area contributed by atoms with Crippen LogP contribution in [0.5, 0.6) is 0 Å². The third-order valence-electron chi connectivity index (χ3n) is 12.2. The number of carbonyl (C=O) groups excluding carboxylic acids is 1. The summed E-state index contributed by atoms with van der Waals surface area (Å²) in [5.41, 5.74) is 6.77. The molecule has 1 radical (unpaired) electrons. The number of hydrogen-bond donors (Lipinski definition) is 2. The minimum Gasteiger partial charge on any atom is -0.412 e. The maximum Gasteiger partial charge on any atom is 0.264 e. The summed E-state index contributed by atoms with van der Waals surface area (Å²) in [5.74, 6) is 0.179. The second-order valence-corrected chi connectivity index (χ2v) is 21.2. The SMILES string of the molecule is F[C-](F)F.O.O.O=C(NS(=O)(=O)c1c[c-]c(N[C@H](CCN2CCOCC2)CSc2ccccc2)cc1)c1ccc(N2CCN(CC3=C(c4ccc(Cl)cc4)CCC4(C3)CN(I)C4)CC2)cc1.[Sc]. The van der Waals surface area contributed by atoms with Gasteiger partial charge < -0.3 is 39.1 Å². The number of benzene rings is 4. The molecule has 4 aromatic carbocycles. The predicted molar refractivity (Wildman–Crippen MR) is 266 cm³/mol. The first-order valence-corrected chi connectivity index (χ1v) is 25.3. The van der Waals surface area contributed by atoms with Crippen molar-refractivity contribution in [3.8, 4) is 0 Å². The Kier molecular flexibility index (Phi) is 23.1. The Morgan fingerprint density at radius 2 is 1.55 bits per heavy atom. The largest absolute Gasteiger partial charge is 0.412 e. The van der Waals surface area contributed by atoms with Crippen molar-refractivity contribution in [1.29, 1.82) is 0 Å². The third-order valence-corrected chi connectivity index (χ3v) is 15.6. The van der Waals surface area contributed by atoms with E-state index < -0.39 is 22.6 Å². The second-order valence-electron chi connectivity index (χ2n) is 16.6. The molecular formula is C47H57ClF3IN6O6S2Sc-2. The zero-order valence-corrected chi connectivity index (χ0v) is 43.4. The maximum atomic E-state index is 13.3. The van der Waals surface area contributed by atoms with Crippen molar-refractivity contribution in [2.75, 3.05) is 94.6 Å². The van der Waals surface area contributed by atoms with Gasteiger partial charge in [-0.1, -0.05) is 53.2 Å². The molecule has 0 aromatic heterocycles. The van der Waals surface area contributed by atoms with E-state index in [1.807, 2.05) is 42.5 Å². The van der Waals surface area contributed by atoms with Crippen LogP contribution < -0.4 is 14.9 Å². The minimum absolute atomic E-state index is 0. The molecule has 1 spiro atoms. The van der Waals surface area contributed by atoms with E-state index >= 15 is 0 Å². The fourth-order valence-electron chi connectivity index (χ4n) is 8.78. The topological polar surface area (TPSA) is 160 Å². The molecule has 0 saturated carbocycles. The predicted octanol–water partition coefficient (Wildman–Crippen LogP) is 7.66. The van der Waals surface area contributed by atoms with Gasteiger partial charge in [0.05, 0.1) is 13.2 Å². The molecule has 20 heteroatoms. The van der Waals surface area contributed by atoms with Crippen LogP contribution in [0, 0.1) is 18.2 Å². The van der Waals surface area contributed by atoms with Crippen molar-refractivity contribution in [3.63, 3.8) is 0 Å². The molecule has 0 bridgehead atoms. The van der Waals surface area contributed by atoms with Crippen LogP contribution in [-0.4, -0.2) is 129 Å². The number of sulfonamides is 1. The number of ether oxygens (including phenoxy) is 1. The monoisotopic (exact) mass is 1130 g/mol. The van der Waals surface area contributed by atoms with Crippen LogP contribution in [0.3, 0.4) is 0 Å². The first-order valence-electron chi connectivity index (χ1n) is 21.4. The molecule has 3 saturated heterocycles. The molecule has 3 fully saturated rings. The fraction of sp³-hybridized carbons (Fsp3) is 0.404. The number of rotatable bonds is 15. The third kappa shape index (κ3) is 16.8. The second kappa shape index (κ2) is 27.1. The maximum absolute atomic E-state index is 13.3. The first-order chi connectivity index (χ1) is 30.8. The molecular weight excluding hydrogens is 1070 g/mol. The molecule has 1 atom stereocenters. The van der Waals surface area contributed by atoms with Gasteiger partial charge in [-0.25, -0.2) is 11.5 Å². The zero-order chi connectivity index (χ0) is 45.1. The van der Waals surface area contributed by atoms with Crippen LogP contribution >= 0.6 is 46.2 Å². The number of carbonyl (C=O) groups is 1. The summed E-state index contributed by atoms with van der Waals surface area (Å²) in [5, 5.41) is 4.34. The standard InChI is InChI=1S/C46H53ClIN6O4S2.CF3.2H2O.Sc/c47-38-10-6-35(7-11-38)44-18-20-46(33-54(48)34-46)30-37(44)31-52-22-24-53(25-23-52)41-14-8-36(9-15-41)45(55)50-60(56,57)43-16-12-39(13-17-43)49-40(19-21-51-26-28-58-29-27-51)32-59-42-4-2-1-3-5-42;2-1(3)4;;;/h1-12,14-17,40,49H,18-34H2,(H,50,55);;2*1H2;/q2*-1;;;/t40-;;;;/m1..../s1. The van der Waals surface area contributed by atoms with Crippen molar-refractivity contribution >= 4 is 79.1 Å². The van der Waals surface area contributed by atoms with Crippen LogP contribution in [0.4, 0.5) is 24.5 Å². The summed E-state index contributed by atoms with van der Waals surface area (Å²) < 4.78 is 65.6. The molecule has 1 aliphatic carbocycles. The van der Waals surface area contributed by atoms with Crippen LogP contribution in [-0.2, 0) is 40.6 Å². The van der Waals surface area contributed by atoms with E-state index in [1.54, 1.807) is 35.5 Å². The number of halogens is 5. The number of nitrogens with zero attached hydrogens (tertiary/aromatic N) is 4. The van der Waals surface area contributed by atoms with Gasteiger partial charge in [0.1, 0.15) is 0 Å². The number of hydrogen-bond acceptors (Lipinski definition) is 10. The van der Waals surface area contributed by atoms with Gasteiger partial charge in [-0.15, -0.1) is 17.8 Å². The number of anilines is 2. The number of piperazine rings is 1. The fourth-order valence-corrected chi connectivity index (χ4v) is 12.3. The van der Waals surface area contributed by atoms with Gasteiger partial charge in [0.15, 0.2) is 6.68 Å². The van der Waals surface area contributed by atoms with E-state index in [0.717, 1.165) is 114 Å². The molecule has 3 aliphatic heterocycles. The number of morpholine rings is 1. The van der Waals surface area contributed by atoms with Crippen LogP contribution in [0.1, 0.15) is 41.6 Å². The van der Waals surface area contributed by atoms with Gasteiger partial charge in [-0.3, -0.25) is 19.3 Å². The van der Waals surface area contributed by atoms with E-state index in [9.17, 15) is 26.4 Å². The molecule has 0 unspecified atom stereocenters. The van der Waals surface area contributed by atoms with Crippen LogP contribution in [0.25, 0.3) is 5.57 Å². The summed E-state index contributed by atoms with van der Waals surface area (Å²) in [6.07, 6.45) is 4.41. The Morgan fingerprint density at radius 1 is 0.896 bits per heavy atom. The number of allylic oxidation sites excluding steroid dienone is 1. The Balaban J connectivity index is 0.00000135. The summed E-state index contributed by atoms with van der Waals surface area (Å²) in [7, 11) is -4.11. The molecule has 8 rings (SSSR count). The summed E-state index contributed by atoms with van der Waals surface area (Å²) in [6, 6.07) is 33.8. The molecule has 1 amide bonds. The van der Waals surface area contributed by atoms with Crippen molar-refractivity contribution in [2.24, 2.45) is 5.41 Å². The minimum atomic E-state index is -4.11. The van der Waals surface area contributed by atoms with E-state index in [0.29, 0.717) is 11.1 Å². The van der Waals surface area contributed by atoms with Crippen LogP contribution in [0.15, 0.2) is 112 Å². The first kappa shape index (κ1) is 57.0. The van der Waals surface area contributed by atoms with E-state index in [4.69, 9.17) is 16.3 Å². The molecule has 4 aliphatic rings. The van der Waals surface area contributed by atoms with Crippen molar-refractivity contribution in [2.45, 2.75) is 41.5 Å². The number of nitrogens with one attached hydrogen (secondary N) is 2. The van der Waals surface area contributed by atoms with E-state index in [-0.39, 0.29) is 53.3 Å². The Bertz CT molecular complexity index is 2270. The summed E-state index contributed by atoms with van der Waals surface area (Å²) in [4.78, 5) is 21.7. The Labute approximate surface area is 434 Å². The van der Waals surface area contributed by atoms with E-state index in [2.05, 4.69) is 81.0 Å². The molecule has 67 heavy (non-hydrogen) atoms. The van der Waals surface area contributed by atoms with Gasteiger partial charge in [0.2, 0.25) is 10.0 Å². The molecule has 363 valence electrons. The van der Waals surface area contributed by atoms with Crippen molar-refractivity contribution in [1.82, 2.24) is 17.6 Å². The Hall–Kier alpha value is -2.57. The van der Waals surface area contributed by atoms with Gasteiger partial charge in [0.25, 0.3) is 5.91 Å². The van der Waals surface area contributed by atoms with Gasteiger partial charge in [-0.2, -0.15) is 18.2 Å². The zero-order valence-electron chi connectivity index (χ0n) is 37.0. The van der Waals surface area contributed by atoms with Crippen molar-refractivity contribution < 1.29 is 67.9 Å². The molecule has 4 aromatic rings. The average molecular weight is 1130 g/mol. The number of amides is 1. The van der Waals surface area contributed by atoms with E-state index in [1.165, 1.54) is 34.6 Å². The Morgan fingerprint density at radius 3 is 2.16 bits per heavy atom. The normalized spacial score (nSPS) is 18.0. The average Bonchev–Trinajstić information content (AvgIpc) is 3.28. The quantitative estimate of drug-likeness (QED) is 0.0524. The van der Waals surface area contributed by atoms with Gasteiger partial charge in [-0.05, 0) is 90.2 Å². The van der Waals surface area contributed by atoms with Crippen molar-refractivity contribution in [3.05, 3.63) is 132 Å². The molecule has 3 heterocycles. The van der Waals surface area contributed by atoms with Crippen LogP contribution in [0.2, 0.25) is 5.02 Å². The van der Waals surface area contributed by atoms with Gasteiger partial charge >= 0.3 is 0 Å². The number of thioether (sulfide) groups is 1. The van der Waals surface area contributed by atoms with Gasteiger partial charge in [0, 0.05) is 153 Å². The summed E-state index contributed by atoms with van der Waals surface area (Å²) >= 11 is 10.5. The summed E-state index contributed by atoms with van der Waals surface area (Å²) in [6.45, 7) is 8.15. The smallest absolute Gasteiger partial charge is 0.264 e.